The normalized spacial score (nSPS) is 11.1. The molecule has 246 valence electrons. The van der Waals surface area contributed by atoms with Crippen molar-refractivity contribution in [2.24, 2.45) is 0 Å². The Bertz CT molecular complexity index is 2520. The zero-order chi connectivity index (χ0) is 34.7. The monoisotopic (exact) mass is 665 g/mol. The Morgan fingerprint density at radius 1 is 0.269 bits per heavy atom. The molecular weight excluding hydrogens is 631 g/mol. The van der Waals surface area contributed by atoms with Gasteiger partial charge in [-0.05, 0) is 105 Å². The molecule has 0 aliphatic carbocycles. The van der Waals surface area contributed by atoms with Gasteiger partial charge in [0.2, 0.25) is 0 Å². The maximum Gasteiger partial charge on any atom is 0.135 e. The molecule has 0 fully saturated rings. The minimum Gasteiger partial charge on any atom is -0.456 e. The minimum atomic E-state index is 0.867. The maximum absolute atomic E-state index is 6.17. The smallest absolute Gasteiger partial charge is 0.135 e. The largest absolute Gasteiger partial charge is 0.456 e. The van der Waals surface area contributed by atoms with Crippen LogP contribution in [0.15, 0.2) is 217 Å². The highest BCUT2D eigenvalue weighted by Gasteiger charge is 2.15. The average molecular weight is 666 g/mol. The van der Waals surface area contributed by atoms with E-state index in [1.165, 1.54) is 44.5 Å². The Morgan fingerprint density at radius 3 is 0.962 bits per heavy atom. The van der Waals surface area contributed by atoms with Crippen molar-refractivity contribution >= 4 is 28.0 Å². The summed E-state index contributed by atoms with van der Waals surface area (Å²) in [5.41, 5.74) is 14.8. The van der Waals surface area contributed by atoms with Crippen molar-refractivity contribution in [3.8, 4) is 55.8 Å². The summed E-state index contributed by atoms with van der Waals surface area (Å²) in [7, 11) is 0. The Balaban J connectivity index is 1.00. The van der Waals surface area contributed by atoms with Gasteiger partial charge in [0.15, 0.2) is 0 Å². The summed E-state index contributed by atoms with van der Waals surface area (Å²) in [5, 5.41) is 1.11. The molecule has 2 heteroatoms. The second kappa shape index (κ2) is 13.8. The van der Waals surface area contributed by atoms with E-state index in [-0.39, 0.29) is 0 Å². The van der Waals surface area contributed by atoms with Crippen LogP contribution in [0.4, 0.5) is 17.1 Å². The minimum absolute atomic E-state index is 0.867. The lowest BCUT2D eigenvalue weighted by molar-refractivity contribution is 0.631. The highest BCUT2D eigenvalue weighted by atomic mass is 16.3. The number of hydrogen-bond acceptors (Lipinski definition) is 2. The summed E-state index contributed by atoms with van der Waals surface area (Å²) in [6.45, 7) is 0. The molecule has 0 aliphatic rings. The lowest BCUT2D eigenvalue weighted by Gasteiger charge is -2.26. The van der Waals surface area contributed by atoms with Gasteiger partial charge in [0.05, 0.1) is 0 Å². The molecule has 0 radical (unpaired) electrons. The molecule has 0 saturated heterocycles. The van der Waals surface area contributed by atoms with Crippen LogP contribution in [-0.2, 0) is 0 Å². The van der Waals surface area contributed by atoms with E-state index in [9.17, 15) is 0 Å². The topological polar surface area (TPSA) is 16.4 Å². The fourth-order valence-electron chi connectivity index (χ4n) is 6.92. The number of hydrogen-bond donors (Lipinski definition) is 0. The lowest BCUT2D eigenvalue weighted by atomic mass is 9.98. The van der Waals surface area contributed by atoms with Crippen LogP contribution in [0.5, 0.6) is 0 Å². The van der Waals surface area contributed by atoms with Gasteiger partial charge in [0.1, 0.15) is 11.3 Å². The van der Waals surface area contributed by atoms with Crippen molar-refractivity contribution in [2.75, 3.05) is 4.90 Å². The summed E-state index contributed by atoms with van der Waals surface area (Å²) < 4.78 is 6.17. The molecule has 0 unspecified atom stereocenters. The van der Waals surface area contributed by atoms with E-state index in [1.807, 2.05) is 18.2 Å². The lowest BCUT2D eigenvalue weighted by Crippen LogP contribution is -2.09. The molecule has 2 nitrogen and oxygen atoms in total. The van der Waals surface area contributed by atoms with Crippen molar-refractivity contribution < 1.29 is 4.42 Å². The number of anilines is 3. The predicted molar refractivity (Wildman–Crippen MR) is 218 cm³/mol. The Labute approximate surface area is 304 Å². The molecule has 52 heavy (non-hydrogen) atoms. The number of fused-ring (bicyclic) bond motifs is 1. The van der Waals surface area contributed by atoms with Crippen molar-refractivity contribution in [1.82, 2.24) is 0 Å². The molecule has 0 aliphatic heterocycles. The molecule has 0 N–H and O–H groups in total. The molecule has 0 atom stereocenters. The van der Waals surface area contributed by atoms with Crippen molar-refractivity contribution in [3.05, 3.63) is 212 Å². The molecular formula is C50H35NO. The first-order valence-electron chi connectivity index (χ1n) is 17.7. The second-order valence-electron chi connectivity index (χ2n) is 13.0. The van der Waals surface area contributed by atoms with Crippen LogP contribution in [0.25, 0.3) is 66.8 Å². The number of benzene rings is 8. The van der Waals surface area contributed by atoms with E-state index >= 15 is 0 Å². The summed E-state index contributed by atoms with van der Waals surface area (Å²) in [6, 6.07) is 75.2. The fraction of sp³-hybridized carbons (Fsp3) is 0. The molecule has 0 bridgehead atoms. The Hall–Kier alpha value is -6.90. The average Bonchev–Trinajstić information content (AvgIpc) is 3.67. The Morgan fingerprint density at radius 2 is 0.577 bits per heavy atom. The van der Waals surface area contributed by atoms with Crippen LogP contribution in [0.1, 0.15) is 0 Å². The first-order valence-corrected chi connectivity index (χ1v) is 17.7. The molecule has 0 spiro atoms. The molecule has 1 heterocycles. The highest BCUT2D eigenvalue weighted by Crippen LogP contribution is 2.38. The zero-order valence-corrected chi connectivity index (χ0v) is 28.6. The quantitative estimate of drug-likeness (QED) is 0.161. The van der Waals surface area contributed by atoms with Gasteiger partial charge in [0.25, 0.3) is 0 Å². The van der Waals surface area contributed by atoms with Crippen LogP contribution in [0, 0.1) is 0 Å². The number of rotatable bonds is 8. The summed E-state index contributed by atoms with van der Waals surface area (Å²) >= 11 is 0. The van der Waals surface area contributed by atoms with Crippen LogP contribution in [0.3, 0.4) is 0 Å². The van der Waals surface area contributed by atoms with Gasteiger partial charge in [-0.3, -0.25) is 0 Å². The van der Waals surface area contributed by atoms with Gasteiger partial charge in [0, 0.05) is 28.0 Å². The third kappa shape index (κ3) is 6.30. The standard InChI is InChI=1S/C50H35NO/c1-3-9-36(10-4-1)38-15-17-39(18-16-38)40-19-21-41(22-20-40)43-25-31-47(32-26-43)51(46-29-23-42(24-30-46)37-11-5-2-6-12-37)48-33-27-44(28-34-48)50-35-45-13-7-8-14-49(45)52-50/h1-35H. The van der Waals surface area contributed by atoms with E-state index < -0.39 is 0 Å². The number of nitrogens with zero attached hydrogens (tertiary/aromatic N) is 1. The number of para-hydroxylation sites is 1. The predicted octanol–water partition coefficient (Wildman–Crippen LogP) is 14.2. The molecule has 9 rings (SSSR count). The van der Waals surface area contributed by atoms with E-state index in [0.717, 1.165) is 39.4 Å². The van der Waals surface area contributed by atoms with E-state index in [2.05, 4.69) is 199 Å². The highest BCUT2D eigenvalue weighted by molar-refractivity contribution is 5.85. The van der Waals surface area contributed by atoms with Crippen LogP contribution in [-0.4, -0.2) is 0 Å². The van der Waals surface area contributed by atoms with E-state index in [4.69, 9.17) is 4.42 Å². The first-order chi connectivity index (χ1) is 25.7. The Kier molecular flexibility index (Phi) is 8.24. The van der Waals surface area contributed by atoms with Gasteiger partial charge < -0.3 is 9.32 Å². The zero-order valence-electron chi connectivity index (χ0n) is 28.6. The molecule has 0 saturated carbocycles. The van der Waals surface area contributed by atoms with Gasteiger partial charge in [-0.2, -0.15) is 0 Å². The molecule has 0 amide bonds. The van der Waals surface area contributed by atoms with Crippen molar-refractivity contribution in [3.63, 3.8) is 0 Å². The SMILES string of the molecule is c1ccc(-c2ccc(-c3ccc(-c4ccc(N(c5ccc(-c6ccccc6)cc5)c5ccc(-c6cc7ccccc7o6)cc5)cc4)cc3)cc2)cc1. The molecule has 8 aromatic carbocycles. The number of furan rings is 1. The summed E-state index contributed by atoms with van der Waals surface area (Å²) in [5.74, 6) is 0.867. The second-order valence-corrected chi connectivity index (χ2v) is 13.0. The van der Waals surface area contributed by atoms with Crippen LogP contribution >= 0.6 is 0 Å². The van der Waals surface area contributed by atoms with Gasteiger partial charge in [-0.15, -0.1) is 0 Å². The van der Waals surface area contributed by atoms with Crippen LogP contribution < -0.4 is 4.90 Å². The fourth-order valence-corrected chi connectivity index (χ4v) is 6.92. The maximum atomic E-state index is 6.17. The van der Waals surface area contributed by atoms with Crippen LogP contribution in [0.2, 0.25) is 0 Å². The third-order valence-electron chi connectivity index (χ3n) is 9.74. The summed E-state index contributed by atoms with van der Waals surface area (Å²) in [6.07, 6.45) is 0. The molecule has 9 aromatic rings. The third-order valence-corrected chi connectivity index (χ3v) is 9.74. The first kappa shape index (κ1) is 31.1. The van der Waals surface area contributed by atoms with Crippen molar-refractivity contribution in [1.29, 1.82) is 0 Å². The van der Waals surface area contributed by atoms with E-state index in [1.54, 1.807) is 0 Å². The van der Waals surface area contributed by atoms with Gasteiger partial charge in [-0.1, -0.05) is 152 Å². The van der Waals surface area contributed by atoms with Gasteiger partial charge >= 0.3 is 0 Å². The molecule has 1 aromatic heterocycles. The summed E-state index contributed by atoms with van der Waals surface area (Å²) in [4.78, 5) is 2.31. The van der Waals surface area contributed by atoms with Crippen molar-refractivity contribution in [2.45, 2.75) is 0 Å². The van der Waals surface area contributed by atoms with E-state index in [0.29, 0.717) is 0 Å². The van der Waals surface area contributed by atoms with Gasteiger partial charge in [-0.25, -0.2) is 0 Å².